The molecule has 0 aliphatic heterocycles. The maximum atomic E-state index is 12.8. The molecule has 16 heteroatoms. The second-order valence-corrected chi connectivity index (χ2v) is 10.0. The van der Waals surface area contributed by atoms with E-state index in [9.17, 15) is 38.2 Å². The fraction of sp³-hybridized carbons (Fsp3) is 0.333. The normalized spacial score (nSPS) is 12.3. The van der Waals surface area contributed by atoms with Gasteiger partial charge in [0.25, 0.3) is 10.2 Å². The second kappa shape index (κ2) is 15.0. The van der Waals surface area contributed by atoms with E-state index in [1.54, 1.807) is 30.3 Å². The van der Waals surface area contributed by atoms with Crippen molar-refractivity contribution in [3.63, 3.8) is 0 Å². The molecule has 0 spiro atoms. The summed E-state index contributed by atoms with van der Waals surface area (Å²) >= 11 is 0. The third kappa shape index (κ3) is 10.2. The maximum Gasteiger partial charge on any atom is 0.508 e. The molecule has 15 nitrogen and oxygen atoms in total. The average Bonchev–Trinajstić information content (AvgIpc) is 2.91. The van der Waals surface area contributed by atoms with Gasteiger partial charge in [-0.25, -0.2) is 18.0 Å². The van der Waals surface area contributed by atoms with E-state index in [2.05, 4.69) is 9.68 Å². The molecule has 0 bridgehead atoms. The van der Waals surface area contributed by atoms with Crippen molar-refractivity contribution in [2.45, 2.75) is 23.8 Å². The van der Waals surface area contributed by atoms with E-state index in [0.717, 1.165) is 6.26 Å². The van der Waals surface area contributed by atoms with Crippen LogP contribution in [-0.4, -0.2) is 70.0 Å². The summed E-state index contributed by atoms with van der Waals surface area (Å²) in [7, 11) is -2.32. The van der Waals surface area contributed by atoms with E-state index in [-0.39, 0.29) is 35.5 Å². The fourth-order valence-electron chi connectivity index (χ4n) is 3.40. The number of carbonyl (C=O) groups is 2. The van der Waals surface area contributed by atoms with Crippen LogP contribution < -0.4 is 0 Å². The standard InChI is InChI=1S/C24H26N2O13S/c1-35-23(27)22(18-7-4-3-5-8-18)21(17-10-12-20(13-11-17)40(2,33)34)16-37-24(28)36-14-6-9-19(39-26(31)32)15-38-25(29)30/h3-5,7-8,10-13,19H,6,9,14-16H2,1-2H3/b22-21+. The summed E-state index contributed by atoms with van der Waals surface area (Å²) in [5, 5.41) is 18.6. The first-order chi connectivity index (χ1) is 18.9. The molecule has 0 N–H and O–H groups in total. The number of rotatable bonds is 15. The Balaban J connectivity index is 2.19. The molecular formula is C24H26N2O13S. The topological polar surface area (TPSA) is 201 Å². The SMILES string of the molecule is COC(=O)/C(=C(\COC(=O)OCCCC(CO[N+](=O)[O-])O[N+](=O)[O-])c1ccc(S(C)(=O)=O)cc1)c1ccccc1. The monoisotopic (exact) mass is 582 g/mol. The second-order valence-electron chi connectivity index (χ2n) is 8.01. The van der Waals surface area contributed by atoms with Crippen LogP contribution in [0.3, 0.4) is 0 Å². The van der Waals surface area contributed by atoms with Crippen LogP contribution in [0.1, 0.15) is 24.0 Å². The van der Waals surface area contributed by atoms with Crippen molar-refractivity contribution >= 4 is 33.1 Å². The van der Waals surface area contributed by atoms with Gasteiger partial charge in [0.15, 0.2) is 9.84 Å². The highest BCUT2D eigenvalue weighted by molar-refractivity contribution is 7.90. The van der Waals surface area contributed by atoms with Gasteiger partial charge in [0.05, 0.1) is 24.2 Å². The van der Waals surface area contributed by atoms with Gasteiger partial charge in [-0.1, -0.05) is 42.5 Å². The van der Waals surface area contributed by atoms with Crippen molar-refractivity contribution in [3.05, 3.63) is 86.0 Å². The van der Waals surface area contributed by atoms with E-state index in [1.807, 2.05) is 0 Å². The lowest BCUT2D eigenvalue weighted by Gasteiger charge is -2.16. The number of esters is 1. The molecule has 216 valence electrons. The molecule has 2 aromatic rings. The van der Waals surface area contributed by atoms with Gasteiger partial charge in [-0.05, 0) is 36.1 Å². The largest absolute Gasteiger partial charge is 0.508 e. The number of benzene rings is 2. The Morgan fingerprint density at radius 2 is 1.57 bits per heavy atom. The molecule has 0 saturated carbocycles. The predicted molar refractivity (Wildman–Crippen MR) is 136 cm³/mol. The first-order valence-corrected chi connectivity index (χ1v) is 13.4. The van der Waals surface area contributed by atoms with Gasteiger partial charge >= 0.3 is 12.1 Å². The highest BCUT2D eigenvalue weighted by Crippen LogP contribution is 2.29. The van der Waals surface area contributed by atoms with Crippen LogP contribution in [0.15, 0.2) is 59.5 Å². The average molecular weight is 583 g/mol. The van der Waals surface area contributed by atoms with Gasteiger partial charge in [-0.3, -0.25) is 0 Å². The van der Waals surface area contributed by atoms with Gasteiger partial charge in [0.2, 0.25) is 0 Å². The van der Waals surface area contributed by atoms with Gasteiger partial charge in [-0.2, -0.15) is 0 Å². The fourth-order valence-corrected chi connectivity index (χ4v) is 4.03. The molecule has 0 heterocycles. The lowest BCUT2D eigenvalue weighted by molar-refractivity contribution is -0.790. The molecule has 40 heavy (non-hydrogen) atoms. The van der Waals surface area contributed by atoms with Crippen LogP contribution in [0.4, 0.5) is 4.79 Å². The Morgan fingerprint density at radius 1 is 0.925 bits per heavy atom. The summed E-state index contributed by atoms with van der Waals surface area (Å²) in [5.74, 6) is -0.737. The van der Waals surface area contributed by atoms with Crippen molar-refractivity contribution in [2.24, 2.45) is 0 Å². The minimum atomic E-state index is -3.50. The highest BCUT2D eigenvalue weighted by Gasteiger charge is 2.22. The molecule has 0 aromatic heterocycles. The summed E-state index contributed by atoms with van der Waals surface area (Å²) in [6, 6.07) is 14.0. The van der Waals surface area contributed by atoms with E-state index in [0.29, 0.717) is 11.1 Å². The molecule has 0 saturated heterocycles. The van der Waals surface area contributed by atoms with Crippen molar-refractivity contribution < 1.29 is 52.1 Å². The highest BCUT2D eigenvalue weighted by atomic mass is 32.2. The summed E-state index contributed by atoms with van der Waals surface area (Å²) in [6.07, 6.45) is -1.46. The smallest absolute Gasteiger partial charge is 0.465 e. The van der Waals surface area contributed by atoms with E-state index >= 15 is 0 Å². The minimum absolute atomic E-state index is 0.0156. The van der Waals surface area contributed by atoms with Crippen LogP contribution in [0.2, 0.25) is 0 Å². The van der Waals surface area contributed by atoms with E-state index in [1.165, 1.54) is 31.4 Å². The number of carbonyl (C=O) groups excluding carboxylic acids is 2. The molecule has 0 aliphatic rings. The first-order valence-electron chi connectivity index (χ1n) is 11.5. The van der Waals surface area contributed by atoms with E-state index < -0.39 is 51.5 Å². The Bertz CT molecular complexity index is 1330. The number of ether oxygens (including phenoxy) is 3. The molecule has 0 aliphatic carbocycles. The minimum Gasteiger partial charge on any atom is -0.465 e. The molecule has 1 unspecified atom stereocenters. The quantitative estimate of drug-likeness (QED) is 0.0741. The number of sulfone groups is 1. The molecular weight excluding hydrogens is 556 g/mol. The zero-order valence-corrected chi connectivity index (χ0v) is 22.2. The number of nitrogens with zero attached hydrogens (tertiary/aromatic N) is 2. The van der Waals surface area contributed by atoms with Gasteiger partial charge in [-0.15, -0.1) is 20.2 Å². The number of hydrogen-bond donors (Lipinski definition) is 0. The summed E-state index contributed by atoms with van der Waals surface area (Å²) in [6.45, 7) is -1.44. The molecule has 0 radical (unpaired) electrons. The van der Waals surface area contributed by atoms with Crippen LogP contribution in [0.25, 0.3) is 11.1 Å². The van der Waals surface area contributed by atoms with Crippen LogP contribution in [0, 0.1) is 20.2 Å². The third-order valence-corrected chi connectivity index (χ3v) is 6.34. The predicted octanol–water partition coefficient (Wildman–Crippen LogP) is 2.89. The lowest BCUT2D eigenvalue weighted by atomic mass is 9.95. The summed E-state index contributed by atoms with van der Waals surface area (Å²) in [4.78, 5) is 54.3. The van der Waals surface area contributed by atoms with Crippen LogP contribution >= 0.6 is 0 Å². The van der Waals surface area contributed by atoms with E-state index in [4.69, 9.17) is 14.2 Å². The van der Waals surface area contributed by atoms with Gasteiger partial charge < -0.3 is 23.9 Å². The zero-order valence-electron chi connectivity index (χ0n) is 21.4. The molecule has 1 atom stereocenters. The molecule has 2 aromatic carbocycles. The van der Waals surface area contributed by atoms with Crippen LogP contribution in [0.5, 0.6) is 0 Å². The van der Waals surface area contributed by atoms with Crippen molar-refractivity contribution in [2.75, 3.05) is 33.2 Å². The van der Waals surface area contributed by atoms with Crippen molar-refractivity contribution in [3.8, 4) is 0 Å². The zero-order chi connectivity index (χ0) is 29.7. The maximum absolute atomic E-state index is 12.8. The Hall–Kier alpha value is -4.73. The van der Waals surface area contributed by atoms with Gasteiger partial charge in [0, 0.05) is 11.8 Å². The third-order valence-electron chi connectivity index (χ3n) is 5.21. The molecule has 0 fully saturated rings. The molecule has 2 rings (SSSR count). The number of hydrogen-bond acceptors (Lipinski definition) is 13. The summed E-state index contributed by atoms with van der Waals surface area (Å²) in [5.41, 5.74) is 1.08. The molecule has 0 amide bonds. The Kier molecular flexibility index (Phi) is 11.8. The summed E-state index contributed by atoms with van der Waals surface area (Å²) < 4.78 is 38.9. The van der Waals surface area contributed by atoms with Gasteiger partial charge in [0.1, 0.15) is 19.3 Å². The first kappa shape index (κ1) is 31.5. The lowest BCUT2D eigenvalue weighted by Crippen LogP contribution is -2.25. The Morgan fingerprint density at radius 3 is 2.12 bits per heavy atom. The van der Waals surface area contributed by atoms with Crippen molar-refractivity contribution in [1.29, 1.82) is 0 Å². The number of methoxy groups -OCH3 is 1. The Labute approximate surface area is 228 Å². The van der Waals surface area contributed by atoms with Crippen molar-refractivity contribution in [1.82, 2.24) is 0 Å². The van der Waals surface area contributed by atoms with Crippen LogP contribution in [-0.2, 0) is 38.5 Å².